The summed E-state index contributed by atoms with van der Waals surface area (Å²) in [6.07, 6.45) is 0.107. The Balaban J connectivity index is 1.44. The molecule has 1 spiro atoms. The largest absolute Gasteiger partial charge is 0.450 e. The Hall–Kier alpha value is -2.55. The molecule has 0 bridgehead atoms. The molecule has 2 saturated heterocycles. The standard InChI is InChI=1S/C27H36F3N3O3/c1-4-7-21(5-2)31-12-10-26(11-13-31)23(19(3)25(35)36-26)24(34)33-16-14-32(15-17-33)22-9-6-8-20(18-22)27(28,29)30/h6,8-9,18,21H,4-5,7,10-17H2,1-3H3. The molecule has 0 aliphatic carbocycles. The number of esters is 1. The Kier molecular flexibility index (Phi) is 7.69. The van der Waals surface area contributed by atoms with Crippen molar-refractivity contribution < 1.29 is 27.5 Å². The van der Waals surface area contributed by atoms with Gasteiger partial charge in [-0.3, -0.25) is 4.79 Å². The predicted octanol–water partition coefficient (Wildman–Crippen LogP) is 4.64. The molecule has 1 atom stereocenters. The van der Waals surface area contributed by atoms with Crippen molar-refractivity contribution in [1.29, 1.82) is 0 Å². The van der Waals surface area contributed by atoms with Crippen LogP contribution in [-0.4, -0.2) is 72.6 Å². The molecule has 9 heteroatoms. The van der Waals surface area contributed by atoms with Crippen LogP contribution in [0.3, 0.4) is 0 Å². The first kappa shape index (κ1) is 26.5. The third-order valence-electron chi connectivity index (χ3n) is 7.96. The molecule has 36 heavy (non-hydrogen) atoms. The second kappa shape index (κ2) is 10.4. The van der Waals surface area contributed by atoms with Crippen LogP contribution < -0.4 is 4.90 Å². The molecule has 198 valence electrons. The van der Waals surface area contributed by atoms with E-state index in [2.05, 4.69) is 18.7 Å². The number of nitrogens with zero attached hydrogens (tertiary/aromatic N) is 3. The van der Waals surface area contributed by atoms with E-state index in [9.17, 15) is 22.8 Å². The van der Waals surface area contributed by atoms with Gasteiger partial charge in [0, 0.05) is 69.4 Å². The third-order valence-corrected chi connectivity index (χ3v) is 7.96. The molecule has 3 aliphatic rings. The summed E-state index contributed by atoms with van der Waals surface area (Å²) in [6.45, 7) is 9.18. The zero-order valence-corrected chi connectivity index (χ0v) is 21.4. The average Bonchev–Trinajstić information content (AvgIpc) is 3.11. The number of hydrogen-bond acceptors (Lipinski definition) is 5. The van der Waals surface area contributed by atoms with Crippen molar-refractivity contribution in [3.05, 3.63) is 41.0 Å². The molecule has 4 rings (SSSR count). The second-order valence-electron chi connectivity index (χ2n) is 10.1. The van der Waals surface area contributed by atoms with Crippen molar-refractivity contribution in [1.82, 2.24) is 9.80 Å². The molecule has 0 radical (unpaired) electrons. The van der Waals surface area contributed by atoms with E-state index in [4.69, 9.17) is 4.74 Å². The van der Waals surface area contributed by atoms with Crippen LogP contribution in [0, 0.1) is 0 Å². The summed E-state index contributed by atoms with van der Waals surface area (Å²) in [4.78, 5) is 32.3. The summed E-state index contributed by atoms with van der Waals surface area (Å²) in [5.74, 6) is -0.605. The quantitative estimate of drug-likeness (QED) is 0.525. The number of piperidine rings is 1. The molecule has 0 N–H and O–H groups in total. The van der Waals surface area contributed by atoms with Gasteiger partial charge in [0.2, 0.25) is 0 Å². The molecule has 1 aromatic rings. The smallest absolute Gasteiger partial charge is 0.416 e. The van der Waals surface area contributed by atoms with Gasteiger partial charge < -0.3 is 19.4 Å². The maximum absolute atomic E-state index is 13.7. The van der Waals surface area contributed by atoms with E-state index in [-0.39, 0.29) is 5.91 Å². The highest BCUT2D eigenvalue weighted by Crippen LogP contribution is 2.42. The van der Waals surface area contributed by atoms with Crippen LogP contribution in [0.15, 0.2) is 35.4 Å². The van der Waals surface area contributed by atoms with Gasteiger partial charge in [-0.15, -0.1) is 0 Å². The zero-order chi connectivity index (χ0) is 26.1. The monoisotopic (exact) mass is 507 g/mol. The first-order valence-corrected chi connectivity index (χ1v) is 13.0. The molecule has 2 fully saturated rings. The fourth-order valence-corrected chi connectivity index (χ4v) is 5.89. The fraction of sp³-hybridized carbons (Fsp3) is 0.630. The van der Waals surface area contributed by atoms with Crippen LogP contribution in [-0.2, 0) is 20.5 Å². The fourth-order valence-electron chi connectivity index (χ4n) is 5.89. The summed E-state index contributed by atoms with van der Waals surface area (Å²) in [7, 11) is 0. The molecule has 1 aromatic carbocycles. The van der Waals surface area contributed by atoms with Crippen LogP contribution >= 0.6 is 0 Å². The summed E-state index contributed by atoms with van der Waals surface area (Å²) in [5.41, 5.74) is -0.207. The lowest BCUT2D eigenvalue weighted by Gasteiger charge is -2.43. The first-order valence-electron chi connectivity index (χ1n) is 13.0. The Morgan fingerprint density at radius 2 is 1.75 bits per heavy atom. The minimum Gasteiger partial charge on any atom is -0.450 e. The Labute approximate surface area is 211 Å². The molecule has 1 unspecified atom stereocenters. The van der Waals surface area contributed by atoms with E-state index in [1.807, 2.05) is 4.90 Å². The molecule has 3 aliphatic heterocycles. The number of carbonyl (C=O) groups is 2. The lowest BCUT2D eigenvalue weighted by atomic mass is 9.81. The number of anilines is 1. The van der Waals surface area contributed by atoms with Crippen LogP contribution in [0.4, 0.5) is 18.9 Å². The number of alkyl halides is 3. The number of benzene rings is 1. The van der Waals surface area contributed by atoms with E-state index < -0.39 is 23.3 Å². The minimum atomic E-state index is -4.40. The molecular weight excluding hydrogens is 471 g/mol. The first-order chi connectivity index (χ1) is 17.1. The molecule has 3 heterocycles. The normalized spacial score (nSPS) is 21.8. The average molecular weight is 508 g/mol. The summed E-state index contributed by atoms with van der Waals surface area (Å²) >= 11 is 0. The Morgan fingerprint density at radius 3 is 2.33 bits per heavy atom. The predicted molar refractivity (Wildman–Crippen MR) is 132 cm³/mol. The summed E-state index contributed by atoms with van der Waals surface area (Å²) in [6, 6.07) is 5.78. The van der Waals surface area contributed by atoms with Gasteiger partial charge >= 0.3 is 12.1 Å². The van der Waals surface area contributed by atoms with Crippen LogP contribution in [0.1, 0.15) is 58.4 Å². The highest BCUT2D eigenvalue weighted by molar-refractivity contribution is 6.07. The molecule has 0 saturated carbocycles. The van der Waals surface area contributed by atoms with Crippen molar-refractivity contribution in [2.24, 2.45) is 0 Å². The van der Waals surface area contributed by atoms with Crippen molar-refractivity contribution >= 4 is 17.6 Å². The third kappa shape index (κ3) is 5.12. The maximum Gasteiger partial charge on any atom is 0.416 e. The highest BCUT2D eigenvalue weighted by atomic mass is 19.4. The number of ether oxygens (including phenoxy) is 1. The number of amides is 1. The van der Waals surface area contributed by atoms with E-state index in [0.717, 1.165) is 44.5 Å². The Morgan fingerprint density at radius 1 is 1.08 bits per heavy atom. The van der Waals surface area contributed by atoms with Crippen LogP contribution in [0.2, 0.25) is 0 Å². The lowest BCUT2D eigenvalue weighted by Crippen LogP contribution is -2.54. The summed E-state index contributed by atoms with van der Waals surface area (Å²) in [5, 5.41) is 0. The van der Waals surface area contributed by atoms with Gasteiger partial charge in [0.05, 0.1) is 11.1 Å². The van der Waals surface area contributed by atoms with Crippen LogP contribution in [0.25, 0.3) is 0 Å². The number of likely N-dealkylation sites (tertiary alicyclic amines) is 1. The number of carbonyl (C=O) groups excluding carboxylic acids is 2. The van der Waals surface area contributed by atoms with Gasteiger partial charge in [0.25, 0.3) is 5.91 Å². The minimum absolute atomic E-state index is 0.184. The van der Waals surface area contributed by atoms with Crippen molar-refractivity contribution in [3.8, 4) is 0 Å². The van der Waals surface area contributed by atoms with E-state index in [1.165, 1.54) is 6.07 Å². The number of rotatable bonds is 6. The number of piperazine rings is 1. The van der Waals surface area contributed by atoms with Gasteiger partial charge in [-0.25, -0.2) is 4.79 Å². The van der Waals surface area contributed by atoms with Gasteiger partial charge in [0.15, 0.2) is 0 Å². The van der Waals surface area contributed by atoms with Crippen molar-refractivity contribution in [2.45, 2.75) is 70.7 Å². The SMILES string of the molecule is CCCC(CC)N1CCC2(CC1)OC(=O)C(C)=C2C(=O)N1CCN(c2cccc(C(F)(F)F)c2)CC1. The number of halogens is 3. The van der Waals surface area contributed by atoms with Gasteiger partial charge in [-0.1, -0.05) is 26.3 Å². The second-order valence-corrected chi connectivity index (χ2v) is 10.1. The van der Waals surface area contributed by atoms with Crippen molar-refractivity contribution in [2.75, 3.05) is 44.2 Å². The van der Waals surface area contributed by atoms with Crippen LogP contribution in [0.5, 0.6) is 0 Å². The van der Waals surface area contributed by atoms with Gasteiger partial charge in [0.1, 0.15) is 5.60 Å². The van der Waals surface area contributed by atoms with E-state index in [0.29, 0.717) is 61.9 Å². The van der Waals surface area contributed by atoms with Crippen molar-refractivity contribution in [3.63, 3.8) is 0 Å². The Bertz CT molecular complexity index is 1010. The zero-order valence-electron chi connectivity index (χ0n) is 21.4. The van der Waals surface area contributed by atoms with Gasteiger partial charge in [-0.2, -0.15) is 13.2 Å². The summed E-state index contributed by atoms with van der Waals surface area (Å²) < 4.78 is 45.3. The van der Waals surface area contributed by atoms with E-state index >= 15 is 0 Å². The number of hydrogen-bond donors (Lipinski definition) is 0. The molecule has 1 amide bonds. The van der Waals surface area contributed by atoms with E-state index in [1.54, 1.807) is 17.9 Å². The topological polar surface area (TPSA) is 53.1 Å². The molecular formula is C27H36F3N3O3. The molecule has 0 aromatic heterocycles. The molecule has 6 nitrogen and oxygen atoms in total. The maximum atomic E-state index is 13.7. The highest BCUT2D eigenvalue weighted by Gasteiger charge is 2.52. The van der Waals surface area contributed by atoms with Gasteiger partial charge in [-0.05, 0) is 38.0 Å². The lowest BCUT2D eigenvalue weighted by molar-refractivity contribution is -0.152.